The zero-order valence-corrected chi connectivity index (χ0v) is 7.51. The second kappa shape index (κ2) is 2.54. The van der Waals surface area contributed by atoms with Crippen LogP contribution in [0.2, 0.25) is 0 Å². The van der Waals surface area contributed by atoms with Crippen molar-refractivity contribution in [1.29, 1.82) is 0 Å². The van der Waals surface area contributed by atoms with E-state index in [9.17, 15) is 4.48 Å². The zero-order chi connectivity index (χ0) is 8.66. The molecule has 12 heavy (non-hydrogen) atoms. The average Bonchev–Trinajstić information content (AvgIpc) is 2.08. The first-order valence-corrected chi connectivity index (χ1v) is 4.70. The van der Waals surface area contributed by atoms with E-state index in [2.05, 4.69) is 6.58 Å². The molecule has 3 fully saturated rings. The molecule has 0 aliphatic carbocycles. The fraction of sp³-hybridized carbons (Fsp3) is 0.778. The number of fused-ring (bicyclic) bond motifs is 3. The van der Waals surface area contributed by atoms with E-state index in [0.29, 0.717) is 19.6 Å². The SMILES string of the molecule is C=CC[N+]12CC[N+](F)(CC1)CC2. The van der Waals surface area contributed by atoms with Crippen LogP contribution in [0.15, 0.2) is 12.7 Å². The first-order chi connectivity index (χ1) is 5.68. The molecule has 3 aliphatic rings. The minimum atomic E-state index is -0.170. The lowest BCUT2D eigenvalue weighted by molar-refractivity contribution is -1.15. The van der Waals surface area contributed by atoms with Crippen LogP contribution in [-0.4, -0.2) is 55.0 Å². The summed E-state index contributed by atoms with van der Waals surface area (Å²) in [6.07, 6.45) is 1.98. The fourth-order valence-corrected chi connectivity index (χ4v) is 2.39. The molecule has 0 unspecified atom stereocenters. The van der Waals surface area contributed by atoms with Gasteiger partial charge in [0.05, 0.1) is 6.54 Å². The van der Waals surface area contributed by atoms with Crippen molar-refractivity contribution in [2.45, 2.75) is 0 Å². The van der Waals surface area contributed by atoms with Crippen LogP contribution in [0, 0.1) is 0 Å². The molecule has 3 rings (SSSR count). The molecule has 0 N–H and O–H groups in total. The van der Waals surface area contributed by atoms with Gasteiger partial charge in [0.25, 0.3) is 0 Å². The highest BCUT2D eigenvalue weighted by molar-refractivity contribution is 4.69. The lowest BCUT2D eigenvalue weighted by Crippen LogP contribution is -2.72. The van der Waals surface area contributed by atoms with Gasteiger partial charge in [0.1, 0.15) is 19.6 Å². The quantitative estimate of drug-likeness (QED) is 0.327. The predicted octanol–water partition coefficient (Wildman–Crippen LogP) is 0.718. The molecule has 68 valence electrons. The predicted molar refractivity (Wildman–Crippen MR) is 45.9 cm³/mol. The number of rotatable bonds is 2. The molecule has 0 spiro atoms. The van der Waals surface area contributed by atoms with Crippen LogP contribution in [0.3, 0.4) is 0 Å². The van der Waals surface area contributed by atoms with Gasteiger partial charge in [-0.05, 0) is 10.6 Å². The van der Waals surface area contributed by atoms with Gasteiger partial charge in [-0.3, -0.25) is 0 Å². The third-order valence-electron chi connectivity index (χ3n) is 3.44. The third-order valence-corrected chi connectivity index (χ3v) is 3.44. The summed E-state index contributed by atoms with van der Waals surface area (Å²) in [5.74, 6) is 0. The van der Waals surface area contributed by atoms with Crippen molar-refractivity contribution < 1.29 is 13.7 Å². The molecule has 3 heteroatoms. The molecule has 2 bridgehead atoms. The minimum Gasteiger partial charge on any atom is -0.306 e. The van der Waals surface area contributed by atoms with Crippen LogP contribution in [0.4, 0.5) is 4.48 Å². The van der Waals surface area contributed by atoms with E-state index >= 15 is 0 Å². The molecule has 3 saturated heterocycles. The average molecular weight is 172 g/mol. The number of piperazine rings is 3. The van der Waals surface area contributed by atoms with Crippen molar-refractivity contribution in [1.82, 2.24) is 0 Å². The van der Waals surface area contributed by atoms with Crippen molar-refractivity contribution >= 4 is 0 Å². The Bertz CT molecular complexity index is 178. The Hall–Kier alpha value is -0.410. The molecule has 3 heterocycles. The van der Waals surface area contributed by atoms with Crippen molar-refractivity contribution in [2.75, 3.05) is 45.8 Å². The number of hydrogen-bond donors (Lipinski definition) is 0. The molecule has 0 aromatic carbocycles. The Kier molecular flexibility index (Phi) is 1.73. The van der Waals surface area contributed by atoms with Gasteiger partial charge in [-0.25, -0.2) is 0 Å². The van der Waals surface area contributed by atoms with Crippen molar-refractivity contribution in [2.24, 2.45) is 0 Å². The first-order valence-electron chi connectivity index (χ1n) is 4.70. The van der Waals surface area contributed by atoms with Gasteiger partial charge in [-0.1, -0.05) is 6.58 Å². The second-order valence-electron chi connectivity index (χ2n) is 4.18. The Morgan fingerprint density at radius 3 is 2.00 bits per heavy atom. The molecule has 0 amide bonds. The monoisotopic (exact) mass is 172 g/mol. The van der Waals surface area contributed by atoms with E-state index < -0.39 is 0 Å². The maximum absolute atomic E-state index is 13.7. The molecule has 3 aliphatic heterocycles. The van der Waals surface area contributed by atoms with Gasteiger partial charge in [-0.15, -0.1) is 4.71 Å². The van der Waals surface area contributed by atoms with Crippen molar-refractivity contribution in [3.63, 3.8) is 0 Å². The van der Waals surface area contributed by atoms with Gasteiger partial charge in [-0.2, -0.15) is 0 Å². The number of nitrogens with zero attached hydrogens (tertiary/aromatic N) is 2. The van der Waals surface area contributed by atoms with Gasteiger partial charge in [0.15, 0.2) is 19.6 Å². The Labute approximate surface area is 73.0 Å². The smallest absolute Gasteiger partial charge is 0.164 e. The molecule has 0 radical (unpaired) electrons. The molecule has 0 atom stereocenters. The highest BCUT2D eigenvalue weighted by Gasteiger charge is 2.49. The van der Waals surface area contributed by atoms with E-state index in [-0.39, 0.29) is 4.71 Å². The van der Waals surface area contributed by atoms with Crippen LogP contribution in [0.25, 0.3) is 0 Å². The lowest BCUT2D eigenvalue weighted by atomic mass is 10.1. The van der Waals surface area contributed by atoms with Crippen LogP contribution >= 0.6 is 0 Å². The molecule has 2 nitrogen and oxygen atoms in total. The molecule has 0 aromatic heterocycles. The largest absolute Gasteiger partial charge is 0.306 e. The van der Waals surface area contributed by atoms with E-state index in [1.165, 1.54) is 0 Å². The zero-order valence-electron chi connectivity index (χ0n) is 7.51. The summed E-state index contributed by atoms with van der Waals surface area (Å²) in [4.78, 5) is 0. The summed E-state index contributed by atoms with van der Waals surface area (Å²) in [5, 5.41) is 0. The van der Waals surface area contributed by atoms with Crippen LogP contribution in [0.1, 0.15) is 0 Å². The topological polar surface area (TPSA) is 0 Å². The van der Waals surface area contributed by atoms with Crippen molar-refractivity contribution in [3.05, 3.63) is 12.7 Å². The van der Waals surface area contributed by atoms with Gasteiger partial charge in [0, 0.05) is 0 Å². The van der Waals surface area contributed by atoms with Crippen LogP contribution in [-0.2, 0) is 0 Å². The fourth-order valence-electron chi connectivity index (χ4n) is 2.39. The van der Waals surface area contributed by atoms with E-state index in [4.69, 9.17) is 0 Å². The summed E-state index contributed by atoms with van der Waals surface area (Å²) in [6, 6.07) is 0. The normalized spacial score (nSPS) is 46.1. The van der Waals surface area contributed by atoms with E-state index in [1.807, 2.05) is 6.08 Å². The summed E-state index contributed by atoms with van der Waals surface area (Å²) < 4.78 is 14.6. The van der Waals surface area contributed by atoms with E-state index in [1.54, 1.807) is 0 Å². The highest BCUT2D eigenvalue weighted by atomic mass is 19.2. The van der Waals surface area contributed by atoms with Gasteiger partial charge < -0.3 is 4.48 Å². The van der Waals surface area contributed by atoms with Crippen LogP contribution < -0.4 is 0 Å². The van der Waals surface area contributed by atoms with Gasteiger partial charge in [0.2, 0.25) is 0 Å². The Balaban J connectivity index is 2.08. The Morgan fingerprint density at radius 2 is 1.58 bits per heavy atom. The van der Waals surface area contributed by atoms with E-state index in [0.717, 1.165) is 30.7 Å². The summed E-state index contributed by atoms with van der Waals surface area (Å²) in [6.45, 7) is 9.95. The molecular formula is C9H17FN2+2. The number of quaternary nitrogens is 2. The molecule has 0 saturated carbocycles. The summed E-state index contributed by atoms with van der Waals surface area (Å²) in [7, 11) is 0. The summed E-state index contributed by atoms with van der Waals surface area (Å²) in [5.41, 5.74) is 0. The molecular weight excluding hydrogens is 155 g/mol. The number of halogens is 1. The van der Waals surface area contributed by atoms with Crippen LogP contribution in [0.5, 0.6) is 0 Å². The highest BCUT2D eigenvalue weighted by Crippen LogP contribution is 2.26. The maximum atomic E-state index is 13.7. The maximum Gasteiger partial charge on any atom is 0.164 e. The number of hydrogen-bond acceptors (Lipinski definition) is 0. The first kappa shape index (κ1) is 8.20. The summed E-state index contributed by atoms with van der Waals surface area (Å²) >= 11 is 0. The third kappa shape index (κ3) is 1.17. The standard InChI is InChI=1S/C9H17FN2/c1-2-3-11-4-7-12(10,8-5-11)9-6-11/h2H,1,3-9H2/q+2. The lowest BCUT2D eigenvalue weighted by Gasteiger charge is -2.49. The second-order valence-corrected chi connectivity index (χ2v) is 4.18. The molecule has 0 aromatic rings. The minimum absolute atomic E-state index is 0.170. The van der Waals surface area contributed by atoms with Gasteiger partial charge >= 0.3 is 0 Å². The Morgan fingerprint density at radius 1 is 1.08 bits per heavy atom. The van der Waals surface area contributed by atoms with Crippen molar-refractivity contribution in [3.8, 4) is 0 Å².